The minimum atomic E-state index is -0.356. The number of anilines is 1. The lowest BCUT2D eigenvalue weighted by atomic mass is 10.0. The topological polar surface area (TPSA) is 46.1 Å². The summed E-state index contributed by atoms with van der Waals surface area (Å²) in [5, 5.41) is 0.296. The number of carbonyl (C=O) groups excluding carboxylic acids is 1. The SMILES string of the molecule is O=C1CCc2ccc(F)cc2N1Cc1cnc(Cl)cn1. The number of fused-ring (bicyclic) bond motifs is 1. The van der Waals surface area contributed by atoms with Crippen molar-refractivity contribution in [1.29, 1.82) is 0 Å². The zero-order valence-corrected chi connectivity index (χ0v) is 11.3. The van der Waals surface area contributed by atoms with E-state index in [4.69, 9.17) is 11.6 Å². The van der Waals surface area contributed by atoms with Crippen LogP contribution >= 0.6 is 11.6 Å². The summed E-state index contributed by atoms with van der Waals surface area (Å²) in [6.07, 6.45) is 4.00. The number of benzene rings is 1. The minimum absolute atomic E-state index is 0.0418. The van der Waals surface area contributed by atoms with Crippen LogP contribution in [-0.2, 0) is 17.8 Å². The monoisotopic (exact) mass is 291 g/mol. The second-order valence-corrected chi connectivity index (χ2v) is 4.97. The molecular weight excluding hydrogens is 281 g/mol. The van der Waals surface area contributed by atoms with E-state index in [1.165, 1.54) is 24.5 Å². The Morgan fingerprint density at radius 3 is 2.85 bits per heavy atom. The number of halogens is 2. The van der Waals surface area contributed by atoms with E-state index in [2.05, 4.69) is 9.97 Å². The van der Waals surface area contributed by atoms with Gasteiger partial charge in [-0.2, -0.15) is 0 Å². The number of hydrogen-bond acceptors (Lipinski definition) is 3. The van der Waals surface area contributed by atoms with Crippen LogP contribution in [0.2, 0.25) is 5.15 Å². The van der Waals surface area contributed by atoms with Gasteiger partial charge in [-0.3, -0.25) is 9.78 Å². The van der Waals surface area contributed by atoms with Crippen molar-refractivity contribution in [2.24, 2.45) is 0 Å². The standard InChI is InChI=1S/C14H11ClFN3O/c15-13-7-17-11(6-18-13)8-19-12-5-10(16)3-1-9(12)2-4-14(19)20/h1,3,5-7H,2,4,8H2. The maximum Gasteiger partial charge on any atom is 0.227 e. The van der Waals surface area contributed by atoms with Crippen LogP contribution in [0.3, 0.4) is 0 Å². The van der Waals surface area contributed by atoms with Crippen LogP contribution in [-0.4, -0.2) is 15.9 Å². The maximum absolute atomic E-state index is 13.4. The highest BCUT2D eigenvalue weighted by atomic mass is 35.5. The van der Waals surface area contributed by atoms with Gasteiger partial charge in [-0.15, -0.1) is 0 Å². The quantitative estimate of drug-likeness (QED) is 0.855. The summed E-state index contributed by atoms with van der Waals surface area (Å²) in [6.45, 7) is 0.263. The summed E-state index contributed by atoms with van der Waals surface area (Å²) in [4.78, 5) is 21.7. The molecule has 0 saturated carbocycles. The van der Waals surface area contributed by atoms with Gasteiger partial charge in [0.15, 0.2) is 0 Å². The average molecular weight is 292 g/mol. The van der Waals surface area contributed by atoms with Crippen molar-refractivity contribution in [3.8, 4) is 0 Å². The lowest BCUT2D eigenvalue weighted by Gasteiger charge is -2.29. The number of rotatable bonds is 2. The number of amides is 1. The molecule has 0 N–H and O–H groups in total. The molecule has 4 nitrogen and oxygen atoms in total. The van der Waals surface area contributed by atoms with Gasteiger partial charge in [0.25, 0.3) is 0 Å². The molecule has 0 bridgehead atoms. The summed E-state index contributed by atoms with van der Waals surface area (Å²) in [7, 11) is 0. The number of aryl methyl sites for hydroxylation is 1. The molecule has 6 heteroatoms. The second kappa shape index (κ2) is 5.17. The first-order valence-corrected chi connectivity index (χ1v) is 6.56. The largest absolute Gasteiger partial charge is 0.306 e. The van der Waals surface area contributed by atoms with Crippen LogP contribution < -0.4 is 4.90 Å². The lowest BCUT2D eigenvalue weighted by molar-refractivity contribution is -0.119. The van der Waals surface area contributed by atoms with E-state index in [0.29, 0.717) is 29.4 Å². The Bertz CT molecular complexity index is 660. The van der Waals surface area contributed by atoms with Crippen molar-refractivity contribution in [2.45, 2.75) is 19.4 Å². The summed E-state index contributed by atoms with van der Waals surface area (Å²) in [5.74, 6) is -0.398. The molecule has 102 valence electrons. The molecule has 1 aliphatic heterocycles. The van der Waals surface area contributed by atoms with E-state index in [1.807, 2.05) is 0 Å². The number of hydrogen-bond donors (Lipinski definition) is 0. The van der Waals surface area contributed by atoms with Gasteiger partial charge in [-0.1, -0.05) is 17.7 Å². The first-order chi connectivity index (χ1) is 9.63. The second-order valence-electron chi connectivity index (χ2n) is 4.58. The van der Waals surface area contributed by atoms with Crippen LogP contribution in [0.1, 0.15) is 17.7 Å². The van der Waals surface area contributed by atoms with E-state index in [1.54, 1.807) is 11.0 Å². The van der Waals surface area contributed by atoms with Crippen molar-refractivity contribution in [3.05, 3.63) is 52.8 Å². The molecule has 2 aromatic rings. The maximum atomic E-state index is 13.4. The summed E-state index contributed by atoms with van der Waals surface area (Å²) >= 11 is 5.68. The number of carbonyl (C=O) groups is 1. The average Bonchev–Trinajstić information content (AvgIpc) is 2.44. The molecule has 0 aliphatic carbocycles. The molecule has 1 aromatic heterocycles. The molecule has 0 unspecified atom stereocenters. The van der Waals surface area contributed by atoms with Crippen LogP contribution in [0.4, 0.5) is 10.1 Å². The van der Waals surface area contributed by atoms with Crippen LogP contribution in [0, 0.1) is 5.82 Å². The third-order valence-electron chi connectivity index (χ3n) is 3.24. The fourth-order valence-corrected chi connectivity index (χ4v) is 2.36. The van der Waals surface area contributed by atoms with Gasteiger partial charge < -0.3 is 4.90 Å². The van der Waals surface area contributed by atoms with Gasteiger partial charge in [0.05, 0.1) is 30.3 Å². The minimum Gasteiger partial charge on any atom is -0.306 e. The predicted molar refractivity (Wildman–Crippen MR) is 73.0 cm³/mol. The molecule has 20 heavy (non-hydrogen) atoms. The van der Waals surface area contributed by atoms with Crippen LogP contribution in [0.25, 0.3) is 0 Å². The first kappa shape index (κ1) is 13.0. The van der Waals surface area contributed by atoms with Gasteiger partial charge in [-0.25, -0.2) is 9.37 Å². The first-order valence-electron chi connectivity index (χ1n) is 6.19. The molecule has 0 spiro atoms. The molecule has 1 aromatic carbocycles. The third kappa shape index (κ3) is 2.49. The molecular formula is C14H11ClFN3O. The molecule has 2 heterocycles. The number of aromatic nitrogens is 2. The van der Waals surface area contributed by atoms with Gasteiger partial charge >= 0.3 is 0 Å². The van der Waals surface area contributed by atoms with E-state index in [-0.39, 0.29) is 18.3 Å². The molecule has 1 amide bonds. The zero-order chi connectivity index (χ0) is 14.1. The van der Waals surface area contributed by atoms with Gasteiger partial charge in [0.1, 0.15) is 11.0 Å². The fraction of sp³-hybridized carbons (Fsp3) is 0.214. The summed E-state index contributed by atoms with van der Waals surface area (Å²) < 4.78 is 13.4. The third-order valence-corrected chi connectivity index (χ3v) is 3.44. The predicted octanol–water partition coefficient (Wildman–Crippen LogP) is 2.75. The molecule has 0 radical (unpaired) electrons. The molecule has 0 saturated heterocycles. The Balaban J connectivity index is 1.94. The summed E-state index contributed by atoms with van der Waals surface area (Å²) in [6, 6.07) is 4.52. The Morgan fingerprint density at radius 2 is 2.10 bits per heavy atom. The van der Waals surface area contributed by atoms with Crippen molar-refractivity contribution in [1.82, 2.24) is 9.97 Å². The van der Waals surface area contributed by atoms with Crippen LogP contribution in [0.5, 0.6) is 0 Å². The lowest BCUT2D eigenvalue weighted by Crippen LogP contribution is -2.34. The molecule has 3 rings (SSSR count). The highest BCUT2D eigenvalue weighted by Crippen LogP contribution is 2.29. The van der Waals surface area contributed by atoms with Crippen molar-refractivity contribution >= 4 is 23.2 Å². The van der Waals surface area contributed by atoms with Gasteiger partial charge in [0.2, 0.25) is 5.91 Å². The van der Waals surface area contributed by atoms with E-state index < -0.39 is 0 Å². The fourth-order valence-electron chi connectivity index (χ4n) is 2.27. The smallest absolute Gasteiger partial charge is 0.227 e. The zero-order valence-electron chi connectivity index (χ0n) is 10.5. The Morgan fingerprint density at radius 1 is 1.25 bits per heavy atom. The van der Waals surface area contributed by atoms with Gasteiger partial charge in [-0.05, 0) is 24.1 Å². The van der Waals surface area contributed by atoms with E-state index in [0.717, 1.165) is 5.56 Å². The highest BCUT2D eigenvalue weighted by Gasteiger charge is 2.25. The van der Waals surface area contributed by atoms with Crippen molar-refractivity contribution in [2.75, 3.05) is 4.90 Å². The van der Waals surface area contributed by atoms with E-state index >= 15 is 0 Å². The molecule has 1 aliphatic rings. The normalized spacial score (nSPS) is 14.3. The Kier molecular flexibility index (Phi) is 3.36. The van der Waals surface area contributed by atoms with Crippen molar-refractivity contribution in [3.63, 3.8) is 0 Å². The summed E-state index contributed by atoms with van der Waals surface area (Å²) in [5.41, 5.74) is 2.19. The van der Waals surface area contributed by atoms with Crippen molar-refractivity contribution < 1.29 is 9.18 Å². The van der Waals surface area contributed by atoms with Crippen LogP contribution in [0.15, 0.2) is 30.6 Å². The highest BCUT2D eigenvalue weighted by molar-refractivity contribution is 6.29. The molecule has 0 atom stereocenters. The number of nitrogens with zero attached hydrogens (tertiary/aromatic N) is 3. The van der Waals surface area contributed by atoms with Gasteiger partial charge in [0, 0.05) is 6.42 Å². The Labute approximate surface area is 120 Å². The van der Waals surface area contributed by atoms with E-state index in [9.17, 15) is 9.18 Å². The molecule has 0 fully saturated rings. The Hall–Kier alpha value is -2.01.